The first kappa shape index (κ1) is 16.6. The Hall–Kier alpha value is -1.41. The molecule has 8 heteroatoms. The number of aryl methyl sites for hydroxylation is 1. The van der Waals surface area contributed by atoms with Crippen LogP contribution in [0, 0.1) is 6.92 Å². The molecule has 6 nitrogen and oxygen atoms in total. The van der Waals surface area contributed by atoms with E-state index in [9.17, 15) is 21.6 Å². The third kappa shape index (κ3) is 4.04. The summed E-state index contributed by atoms with van der Waals surface area (Å²) in [5.41, 5.74) is 0.247. The van der Waals surface area contributed by atoms with Crippen molar-refractivity contribution in [2.75, 3.05) is 17.3 Å². The zero-order valence-electron chi connectivity index (χ0n) is 11.2. The van der Waals surface area contributed by atoms with Gasteiger partial charge in [0.25, 0.3) is 0 Å². The predicted octanol–water partition coefficient (Wildman–Crippen LogP) is 0.902. The van der Waals surface area contributed by atoms with E-state index in [0.717, 1.165) is 6.07 Å². The van der Waals surface area contributed by atoms with E-state index in [1.165, 1.54) is 26.0 Å². The zero-order chi connectivity index (χ0) is 15.6. The summed E-state index contributed by atoms with van der Waals surface area (Å²) in [7, 11) is -7.23. The van der Waals surface area contributed by atoms with Gasteiger partial charge in [0.1, 0.15) is 0 Å². The summed E-state index contributed by atoms with van der Waals surface area (Å²) in [5.74, 6) is -2.38. The van der Waals surface area contributed by atoms with Crippen LogP contribution in [-0.4, -0.2) is 45.2 Å². The number of hydrogen-bond donors (Lipinski definition) is 1. The highest BCUT2D eigenvalue weighted by molar-refractivity contribution is 7.95. The Morgan fingerprint density at radius 1 is 1.15 bits per heavy atom. The molecule has 0 atom stereocenters. The lowest BCUT2D eigenvalue weighted by Crippen LogP contribution is -2.19. The largest absolute Gasteiger partial charge is 0.478 e. The second-order valence-corrected chi connectivity index (χ2v) is 8.89. The van der Waals surface area contributed by atoms with Crippen LogP contribution in [0.5, 0.6) is 0 Å². The number of rotatable bonds is 6. The summed E-state index contributed by atoms with van der Waals surface area (Å²) in [4.78, 5) is 10.7. The van der Waals surface area contributed by atoms with Gasteiger partial charge in [-0.1, -0.05) is 13.0 Å². The highest BCUT2D eigenvalue weighted by Gasteiger charge is 2.22. The van der Waals surface area contributed by atoms with Gasteiger partial charge in [-0.15, -0.1) is 0 Å². The number of aromatic carboxylic acids is 1. The van der Waals surface area contributed by atoms with Crippen LogP contribution < -0.4 is 0 Å². The second kappa shape index (κ2) is 5.92. The van der Waals surface area contributed by atoms with Gasteiger partial charge in [0.05, 0.1) is 22.0 Å². The zero-order valence-corrected chi connectivity index (χ0v) is 12.8. The number of carboxylic acids is 1. The first-order chi connectivity index (χ1) is 9.09. The maximum Gasteiger partial charge on any atom is 0.335 e. The van der Waals surface area contributed by atoms with Crippen LogP contribution in [0.3, 0.4) is 0 Å². The first-order valence-corrected chi connectivity index (χ1v) is 9.33. The Morgan fingerprint density at radius 2 is 1.75 bits per heavy atom. The molecule has 0 saturated carbocycles. The molecule has 0 radical (unpaired) electrons. The highest BCUT2D eigenvalue weighted by Crippen LogP contribution is 2.19. The standard InChI is InChI=1S/C12H16O6S2/c1-3-19(15,16)6-7-20(17,18)11-8-10(12(13)14)5-4-9(11)2/h4-5,8H,3,6-7H2,1-2H3,(H,13,14). The van der Waals surface area contributed by atoms with Gasteiger partial charge < -0.3 is 5.11 Å². The van der Waals surface area contributed by atoms with Gasteiger partial charge >= 0.3 is 5.97 Å². The molecular formula is C12H16O6S2. The molecular weight excluding hydrogens is 304 g/mol. The number of carbonyl (C=O) groups is 1. The molecule has 0 aliphatic heterocycles. The van der Waals surface area contributed by atoms with Crippen molar-refractivity contribution in [2.45, 2.75) is 18.7 Å². The molecule has 0 heterocycles. The lowest BCUT2D eigenvalue weighted by molar-refractivity contribution is 0.0696. The van der Waals surface area contributed by atoms with Crippen LogP contribution >= 0.6 is 0 Å². The fourth-order valence-electron chi connectivity index (χ4n) is 1.56. The van der Waals surface area contributed by atoms with Gasteiger partial charge in [-0.05, 0) is 24.6 Å². The summed E-state index contributed by atoms with van der Waals surface area (Å²) in [5, 5.41) is 8.87. The van der Waals surface area contributed by atoms with E-state index in [1.54, 1.807) is 0 Å². The van der Waals surface area contributed by atoms with Crippen molar-refractivity contribution in [3.8, 4) is 0 Å². The molecule has 0 unspecified atom stereocenters. The Kier molecular flexibility index (Phi) is 4.93. The van der Waals surface area contributed by atoms with E-state index in [0.29, 0.717) is 5.56 Å². The lowest BCUT2D eigenvalue weighted by atomic mass is 10.1. The molecule has 1 N–H and O–H groups in total. The van der Waals surface area contributed by atoms with E-state index >= 15 is 0 Å². The van der Waals surface area contributed by atoms with Gasteiger partial charge in [0.15, 0.2) is 19.7 Å². The Labute approximate surface area is 118 Å². The van der Waals surface area contributed by atoms with Crippen molar-refractivity contribution in [1.29, 1.82) is 0 Å². The van der Waals surface area contributed by atoms with Crippen LogP contribution in [0.25, 0.3) is 0 Å². The Bertz CT molecular complexity index is 716. The van der Waals surface area contributed by atoms with Crippen LogP contribution in [0.1, 0.15) is 22.8 Å². The van der Waals surface area contributed by atoms with Crippen molar-refractivity contribution in [3.05, 3.63) is 29.3 Å². The molecule has 0 saturated heterocycles. The topological polar surface area (TPSA) is 106 Å². The molecule has 0 aliphatic carbocycles. The Morgan fingerprint density at radius 3 is 2.25 bits per heavy atom. The van der Waals surface area contributed by atoms with E-state index in [2.05, 4.69) is 0 Å². The van der Waals surface area contributed by atoms with E-state index < -0.39 is 37.1 Å². The lowest BCUT2D eigenvalue weighted by Gasteiger charge is -2.08. The summed E-state index contributed by atoms with van der Waals surface area (Å²) in [6, 6.07) is 3.76. The number of benzene rings is 1. The third-order valence-electron chi connectivity index (χ3n) is 2.87. The molecule has 0 aromatic heterocycles. The third-order valence-corrected chi connectivity index (χ3v) is 6.69. The molecule has 0 bridgehead atoms. The van der Waals surface area contributed by atoms with Crippen LogP contribution in [0.4, 0.5) is 0 Å². The summed E-state index contributed by atoms with van der Waals surface area (Å²) < 4.78 is 47.0. The predicted molar refractivity (Wildman–Crippen MR) is 74.5 cm³/mol. The Balaban J connectivity index is 3.16. The SMILES string of the molecule is CCS(=O)(=O)CCS(=O)(=O)c1cc(C(=O)O)ccc1C. The fraction of sp³-hybridized carbons (Fsp3) is 0.417. The van der Waals surface area contributed by atoms with Crippen LogP contribution in [-0.2, 0) is 19.7 Å². The van der Waals surface area contributed by atoms with Crippen molar-refractivity contribution in [1.82, 2.24) is 0 Å². The first-order valence-electron chi connectivity index (χ1n) is 5.86. The van der Waals surface area contributed by atoms with Gasteiger partial charge in [-0.2, -0.15) is 0 Å². The van der Waals surface area contributed by atoms with Crippen LogP contribution in [0.2, 0.25) is 0 Å². The molecule has 20 heavy (non-hydrogen) atoms. The summed E-state index contributed by atoms with van der Waals surface area (Å²) >= 11 is 0. The minimum absolute atomic E-state index is 0.128. The van der Waals surface area contributed by atoms with Crippen molar-refractivity contribution in [3.63, 3.8) is 0 Å². The van der Waals surface area contributed by atoms with E-state index in [1.807, 2.05) is 0 Å². The maximum absolute atomic E-state index is 12.1. The van der Waals surface area contributed by atoms with Gasteiger partial charge in [-0.25, -0.2) is 21.6 Å². The molecule has 112 valence electrons. The fourth-order valence-corrected chi connectivity index (χ4v) is 4.83. The van der Waals surface area contributed by atoms with Gasteiger partial charge in [0, 0.05) is 5.75 Å². The van der Waals surface area contributed by atoms with Crippen molar-refractivity contribution >= 4 is 25.6 Å². The quantitative estimate of drug-likeness (QED) is 0.835. The van der Waals surface area contributed by atoms with Gasteiger partial charge in [0.2, 0.25) is 0 Å². The number of hydrogen-bond acceptors (Lipinski definition) is 5. The summed E-state index contributed by atoms with van der Waals surface area (Å²) in [6.45, 7) is 2.98. The molecule has 0 aliphatic rings. The monoisotopic (exact) mass is 320 g/mol. The average Bonchev–Trinajstić information content (AvgIpc) is 2.37. The van der Waals surface area contributed by atoms with Crippen molar-refractivity contribution < 1.29 is 26.7 Å². The highest BCUT2D eigenvalue weighted by atomic mass is 32.2. The molecule has 1 aromatic rings. The molecule has 1 rings (SSSR count). The minimum atomic E-state index is -3.83. The smallest absolute Gasteiger partial charge is 0.335 e. The average molecular weight is 320 g/mol. The number of sulfone groups is 2. The summed E-state index contributed by atoms with van der Waals surface area (Å²) in [6.07, 6.45) is 0. The normalized spacial score (nSPS) is 12.3. The minimum Gasteiger partial charge on any atom is -0.478 e. The molecule has 0 fully saturated rings. The molecule has 1 aromatic carbocycles. The molecule has 0 spiro atoms. The second-order valence-electron chi connectivity index (χ2n) is 4.34. The van der Waals surface area contributed by atoms with Gasteiger partial charge in [-0.3, -0.25) is 0 Å². The van der Waals surface area contributed by atoms with E-state index in [4.69, 9.17) is 5.11 Å². The number of carboxylic acid groups (broad SMARTS) is 1. The van der Waals surface area contributed by atoms with E-state index in [-0.39, 0.29) is 16.2 Å². The maximum atomic E-state index is 12.1. The molecule has 0 amide bonds. The van der Waals surface area contributed by atoms with Crippen LogP contribution in [0.15, 0.2) is 23.1 Å². The van der Waals surface area contributed by atoms with Crippen molar-refractivity contribution in [2.24, 2.45) is 0 Å².